The van der Waals surface area contributed by atoms with Gasteiger partial charge in [-0.2, -0.15) is 29.9 Å². The van der Waals surface area contributed by atoms with E-state index in [1.807, 2.05) is 0 Å². The number of rotatable bonds is 29. The number of hydrogen-bond acceptors (Lipinski definition) is 16. The van der Waals surface area contributed by atoms with Crippen molar-refractivity contribution in [3.63, 3.8) is 0 Å². The van der Waals surface area contributed by atoms with Gasteiger partial charge in [-0.1, -0.05) is 66.2 Å². The molecule has 0 aromatic carbocycles. The molecule has 4 fully saturated rings. The van der Waals surface area contributed by atoms with E-state index in [9.17, 15) is 0 Å². The van der Waals surface area contributed by atoms with Crippen molar-refractivity contribution in [2.24, 2.45) is 0 Å². The third kappa shape index (κ3) is 19.6. The first-order chi connectivity index (χ1) is 37.3. The molecule has 2 aromatic rings. The van der Waals surface area contributed by atoms with Gasteiger partial charge in [0.25, 0.3) is 0 Å². The molecule has 0 radical (unpaired) electrons. The quantitative estimate of drug-likeness (QED) is 0.0426. The average Bonchev–Trinajstić information content (AvgIpc) is 3.32. The Balaban J connectivity index is 1.22. The van der Waals surface area contributed by atoms with Gasteiger partial charge in [-0.05, 0) is 201 Å². The Morgan fingerprint density at radius 3 is 0.700 bits per heavy atom. The minimum Gasteiger partial charge on any atom is -0.354 e. The van der Waals surface area contributed by atoms with Crippen molar-refractivity contribution in [2.45, 2.75) is 335 Å². The monoisotopic (exact) mass is 1120 g/mol. The predicted octanol–water partition coefficient (Wildman–Crippen LogP) is 12.8. The minimum absolute atomic E-state index is 0.00518. The number of aromatic nitrogens is 6. The van der Waals surface area contributed by atoms with E-state index < -0.39 is 0 Å². The van der Waals surface area contributed by atoms with E-state index in [1.54, 1.807) is 0 Å². The molecule has 6 rings (SSSR count). The molecule has 4 saturated heterocycles. The lowest BCUT2D eigenvalue weighted by Crippen LogP contribution is -2.63. The van der Waals surface area contributed by atoms with Crippen LogP contribution in [0.1, 0.15) is 267 Å². The Morgan fingerprint density at radius 2 is 0.512 bits per heavy atom. The van der Waals surface area contributed by atoms with Gasteiger partial charge in [0.15, 0.2) is 0 Å². The smallest absolute Gasteiger partial charge is 0.232 e. The predicted molar refractivity (Wildman–Crippen MR) is 341 cm³/mol. The first kappa shape index (κ1) is 65.8. The number of hydrogen-bond donors (Lipinski definition) is 6. The summed E-state index contributed by atoms with van der Waals surface area (Å²) in [5.41, 5.74) is -0.0415. The minimum atomic E-state index is -0.00518. The zero-order chi connectivity index (χ0) is 59.0. The highest BCUT2D eigenvalue weighted by molar-refractivity contribution is 5.49. The molecular weight excluding hydrogens is 993 g/mol. The number of anilines is 6. The summed E-state index contributed by atoms with van der Waals surface area (Å²) in [5.74, 6) is 4.69. The van der Waals surface area contributed by atoms with E-state index in [1.165, 1.54) is 0 Å². The van der Waals surface area contributed by atoms with Gasteiger partial charge in [-0.25, -0.2) is 0 Å². The van der Waals surface area contributed by atoms with Gasteiger partial charge in [0.05, 0.1) is 0 Å². The van der Waals surface area contributed by atoms with Gasteiger partial charge in [-0.3, -0.25) is 0 Å². The molecule has 16 nitrogen and oxygen atoms in total. The van der Waals surface area contributed by atoms with Crippen LogP contribution >= 0.6 is 0 Å². The van der Waals surface area contributed by atoms with E-state index in [4.69, 9.17) is 29.9 Å². The molecule has 0 amide bonds. The zero-order valence-electron chi connectivity index (χ0n) is 55.2. The van der Waals surface area contributed by atoms with Gasteiger partial charge in [0, 0.05) is 108 Å². The molecule has 80 heavy (non-hydrogen) atoms. The maximum absolute atomic E-state index is 5.53. The highest BCUT2D eigenvalue weighted by atomic mass is 15.4. The summed E-state index contributed by atoms with van der Waals surface area (Å²) in [7, 11) is 0. The Labute approximate surface area is 489 Å². The molecule has 6 N–H and O–H groups in total. The average molecular weight is 1120 g/mol. The third-order valence-electron chi connectivity index (χ3n) is 17.4. The molecule has 0 bridgehead atoms. The second-order valence-electron chi connectivity index (χ2n) is 30.8. The summed E-state index contributed by atoms with van der Waals surface area (Å²) in [6, 6.07) is 1.24. The molecule has 4 aliphatic rings. The molecule has 0 spiro atoms. The Hall–Kier alpha value is -3.34. The fourth-order valence-electron chi connectivity index (χ4n) is 15.4. The van der Waals surface area contributed by atoms with Crippen LogP contribution in [-0.4, -0.2) is 138 Å². The highest BCUT2D eigenvalue weighted by Gasteiger charge is 2.45. The van der Waals surface area contributed by atoms with Gasteiger partial charge >= 0.3 is 0 Å². The van der Waals surface area contributed by atoms with E-state index in [0.717, 1.165) is 191 Å². The van der Waals surface area contributed by atoms with Crippen molar-refractivity contribution in [3.05, 3.63) is 0 Å². The standard InChI is InChI=1S/C64H122N16/c1-21-25-35-77(47-39-57(5,6)73-58(7,8)40-47)53-67-51(68-54(71-53)78(36-26-22-2)48-41-59(9,10)74-60(11,12)42-48)65-33-31-29-30-32-34-66-52-69-55(79(37-27-23-3)49-43-61(13,14)75-62(15,16)44-49)72-56(70-52)80(38-28-24-4)50-45-63(17,18)76-64(19,20)46-50/h47-50,73-76H,21-46H2,1-20H3,(H,65,67,68,71)(H,66,69,70,72). The van der Waals surface area contributed by atoms with Gasteiger partial charge in [-0.15, -0.1) is 0 Å². The van der Waals surface area contributed by atoms with E-state index in [-0.39, 0.29) is 44.3 Å². The van der Waals surface area contributed by atoms with Crippen LogP contribution in [0.3, 0.4) is 0 Å². The molecule has 0 atom stereocenters. The maximum atomic E-state index is 5.53. The summed E-state index contributed by atoms with van der Waals surface area (Å²) in [6.45, 7) is 52.1. The van der Waals surface area contributed by atoms with Crippen LogP contribution in [0.4, 0.5) is 35.7 Å². The van der Waals surface area contributed by atoms with Crippen LogP contribution in [0.25, 0.3) is 0 Å². The number of unbranched alkanes of at least 4 members (excludes halogenated alkanes) is 7. The van der Waals surface area contributed by atoms with Crippen molar-refractivity contribution in [1.82, 2.24) is 51.2 Å². The molecule has 4 aliphatic heterocycles. The van der Waals surface area contributed by atoms with Crippen LogP contribution in [0, 0.1) is 0 Å². The number of nitrogens with zero attached hydrogens (tertiary/aromatic N) is 10. The first-order valence-corrected chi connectivity index (χ1v) is 32.5. The largest absolute Gasteiger partial charge is 0.354 e. The second kappa shape index (κ2) is 27.1. The molecule has 16 heteroatoms. The lowest BCUT2D eigenvalue weighted by molar-refractivity contribution is 0.156. The van der Waals surface area contributed by atoms with Crippen LogP contribution in [-0.2, 0) is 0 Å². The van der Waals surface area contributed by atoms with Crippen molar-refractivity contribution in [3.8, 4) is 0 Å². The lowest BCUT2D eigenvalue weighted by atomic mass is 9.79. The summed E-state index contributed by atoms with van der Waals surface area (Å²) >= 11 is 0. The van der Waals surface area contributed by atoms with Crippen LogP contribution < -0.4 is 51.5 Å². The van der Waals surface area contributed by atoms with E-state index in [0.29, 0.717) is 36.1 Å². The maximum Gasteiger partial charge on any atom is 0.232 e. The topological polar surface area (TPSA) is 162 Å². The molecule has 6 heterocycles. The fraction of sp³-hybridized carbons (Fsp3) is 0.906. The summed E-state index contributed by atoms with van der Waals surface area (Å²) in [5, 5.41) is 23.3. The number of nitrogens with one attached hydrogen (secondary N) is 6. The lowest BCUT2D eigenvalue weighted by Gasteiger charge is -2.50. The molecule has 0 aliphatic carbocycles. The Kier molecular flexibility index (Phi) is 22.3. The molecule has 0 saturated carbocycles. The van der Waals surface area contributed by atoms with Gasteiger partial charge in [0.2, 0.25) is 35.7 Å². The molecule has 458 valence electrons. The summed E-state index contributed by atoms with van der Waals surface area (Å²) < 4.78 is 0. The number of piperidine rings is 4. The van der Waals surface area contributed by atoms with E-state index in [2.05, 4.69) is 190 Å². The van der Waals surface area contributed by atoms with Crippen molar-refractivity contribution < 1.29 is 0 Å². The molecule has 0 unspecified atom stereocenters. The van der Waals surface area contributed by atoms with Crippen LogP contribution in [0.5, 0.6) is 0 Å². The first-order valence-electron chi connectivity index (χ1n) is 32.5. The Morgan fingerprint density at radius 1 is 0.312 bits per heavy atom. The third-order valence-corrected chi connectivity index (χ3v) is 17.4. The molecular formula is C64H122N16. The van der Waals surface area contributed by atoms with Crippen LogP contribution in [0.2, 0.25) is 0 Å². The normalized spacial score (nSPS) is 22.4. The fourth-order valence-corrected chi connectivity index (χ4v) is 15.4. The van der Waals surface area contributed by atoms with Gasteiger partial charge in [0.1, 0.15) is 0 Å². The van der Waals surface area contributed by atoms with Gasteiger partial charge < -0.3 is 51.5 Å². The second-order valence-corrected chi connectivity index (χ2v) is 30.8. The highest BCUT2D eigenvalue weighted by Crippen LogP contribution is 2.39. The summed E-state index contributed by atoms with van der Waals surface area (Å²) in [6.07, 6.45) is 21.3. The van der Waals surface area contributed by atoms with E-state index >= 15 is 0 Å². The Bertz CT molecular complexity index is 1870. The van der Waals surface area contributed by atoms with Crippen LogP contribution in [0.15, 0.2) is 0 Å². The summed E-state index contributed by atoms with van der Waals surface area (Å²) in [4.78, 5) is 42.7. The van der Waals surface area contributed by atoms with Crippen molar-refractivity contribution >= 4 is 35.7 Å². The SMILES string of the molecule is CCCCN(c1nc(NCCCCCCNc2nc(N(CCCC)C3CC(C)(C)NC(C)(C)C3)nc(N(CCCC)C3CC(C)(C)NC(C)(C)C3)n2)nc(N(CCCC)C2CC(C)(C)NC(C)(C)C2)n1)C1CC(C)(C)NC(C)(C)C1. The van der Waals surface area contributed by atoms with Crippen molar-refractivity contribution in [1.29, 1.82) is 0 Å². The zero-order valence-corrected chi connectivity index (χ0v) is 55.2. The molecule has 2 aromatic heterocycles. The van der Waals surface area contributed by atoms with Crippen molar-refractivity contribution in [2.75, 3.05) is 69.5 Å².